The largest absolute Gasteiger partial charge is 0.478 e. The number of anilines is 1. The molecule has 1 aromatic rings. The maximum absolute atomic E-state index is 12.4. The predicted octanol–water partition coefficient (Wildman–Crippen LogP) is 3.77. The first-order chi connectivity index (χ1) is 9.83. The summed E-state index contributed by atoms with van der Waals surface area (Å²) in [5.74, 6) is -1.33. The Kier molecular flexibility index (Phi) is 5.01. The van der Waals surface area contributed by atoms with Crippen LogP contribution in [0, 0.1) is 0 Å². The van der Waals surface area contributed by atoms with Gasteiger partial charge < -0.3 is 5.11 Å². The van der Waals surface area contributed by atoms with Crippen LogP contribution in [0.25, 0.3) is 0 Å². The molecular weight excluding hydrogens is 337 g/mol. The molecule has 1 fully saturated rings. The van der Waals surface area contributed by atoms with E-state index in [9.17, 15) is 18.3 Å². The number of carboxylic acids is 1. The van der Waals surface area contributed by atoms with E-state index in [-0.39, 0.29) is 21.3 Å². The highest BCUT2D eigenvalue weighted by atomic mass is 35.5. The number of benzene rings is 1. The van der Waals surface area contributed by atoms with Crippen LogP contribution in [0.1, 0.15) is 42.5 Å². The van der Waals surface area contributed by atoms with E-state index in [1.165, 1.54) is 12.1 Å². The van der Waals surface area contributed by atoms with E-state index in [4.69, 9.17) is 23.2 Å². The fourth-order valence-electron chi connectivity index (χ4n) is 2.46. The second kappa shape index (κ2) is 6.42. The Bertz CT molecular complexity index is 654. The van der Waals surface area contributed by atoms with Gasteiger partial charge in [-0.3, -0.25) is 4.72 Å². The fraction of sp³-hybridized carbons (Fsp3) is 0.462. The quantitative estimate of drug-likeness (QED) is 0.864. The molecule has 0 atom stereocenters. The molecule has 0 unspecified atom stereocenters. The molecule has 0 heterocycles. The van der Waals surface area contributed by atoms with E-state index in [2.05, 4.69) is 4.72 Å². The van der Waals surface area contributed by atoms with E-state index in [0.29, 0.717) is 12.8 Å². The number of sulfonamides is 1. The summed E-state index contributed by atoms with van der Waals surface area (Å²) in [6.07, 6.45) is 3.84. The average Bonchev–Trinajstić information content (AvgIpc) is 2.43. The first-order valence-corrected chi connectivity index (χ1v) is 8.86. The topological polar surface area (TPSA) is 83.5 Å². The number of carbonyl (C=O) groups is 1. The first kappa shape index (κ1) is 16.4. The van der Waals surface area contributed by atoms with Crippen LogP contribution >= 0.6 is 23.2 Å². The molecule has 0 spiro atoms. The minimum Gasteiger partial charge on any atom is -0.478 e. The normalized spacial score (nSPS) is 16.7. The fourth-order valence-corrected chi connectivity index (χ4v) is 4.58. The minimum absolute atomic E-state index is 0.0104. The standard InChI is InChI=1S/C13H15Cl2NO4S/c14-9-6-7-10(15)12(11(9)13(17)18)16-21(19,20)8-4-2-1-3-5-8/h6-8,16H,1-5H2,(H,17,18). The van der Waals surface area contributed by atoms with Gasteiger partial charge in [-0.1, -0.05) is 42.5 Å². The van der Waals surface area contributed by atoms with E-state index < -0.39 is 21.2 Å². The summed E-state index contributed by atoms with van der Waals surface area (Å²) in [6.45, 7) is 0. The summed E-state index contributed by atoms with van der Waals surface area (Å²) in [6, 6.07) is 2.70. The van der Waals surface area contributed by atoms with E-state index in [1.54, 1.807) is 0 Å². The van der Waals surface area contributed by atoms with Crippen LogP contribution in [0.3, 0.4) is 0 Å². The number of rotatable bonds is 4. The van der Waals surface area contributed by atoms with Crippen LogP contribution in [0.5, 0.6) is 0 Å². The molecule has 0 aliphatic heterocycles. The Hall–Kier alpha value is -0.980. The molecule has 1 saturated carbocycles. The lowest BCUT2D eigenvalue weighted by atomic mass is 10.0. The maximum atomic E-state index is 12.4. The van der Waals surface area contributed by atoms with Gasteiger partial charge in [-0.2, -0.15) is 0 Å². The Balaban J connectivity index is 2.38. The molecule has 0 saturated heterocycles. The first-order valence-electron chi connectivity index (χ1n) is 6.56. The molecule has 1 aliphatic rings. The van der Waals surface area contributed by atoms with Crippen molar-refractivity contribution in [1.82, 2.24) is 0 Å². The predicted molar refractivity (Wildman–Crippen MR) is 82.8 cm³/mol. The second-order valence-corrected chi connectivity index (χ2v) is 7.77. The molecule has 116 valence electrons. The Labute approximate surface area is 133 Å². The number of halogens is 2. The van der Waals surface area contributed by atoms with Crippen LogP contribution in [-0.4, -0.2) is 24.7 Å². The number of carboxylic acid groups (broad SMARTS) is 1. The van der Waals surface area contributed by atoms with Gasteiger partial charge in [-0.15, -0.1) is 0 Å². The van der Waals surface area contributed by atoms with Crippen molar-refractivity contribution in [3.63, 3.8) is 0 Å². The van der Waals surface area contributed by atoms with Gasteiger partial charge in [0.2, 0.25) is 10.0 Å². The highest BCUT2D eigenvalue weighted by Gasteiger charge is 2.30. The van der Waals surface area contributed by atoms with Gasteiger partial charge >= 0.3 is 5.97 Å². The SMILES string of the molecule is O=C(O)c1c(Cl)ccc(Cl)c1NS(=O)(=O)C1CCCCC1. The van der Waals surface area contributed by atoms with Gasteiger partial charge in [0, 0.05) is 0 Å². The molecule has 21 heavy (non-hydrogen) atoms. The summed E-state index contributed by atoms with van der Waals surface area (Å²) in [5.41, 5.74) is -0.495. The van der Waals surface area contributed by atoms with Crippen molar-refractivity contribution in [2.75, 3.05) is 4.72 Å². The Morgan fingerprint density at radius 1 is 1.14 bits per heavy atom. The minimum atomic E-state index is -3.69. The summed E-state index contributed by atoms with van der Waals surface area (Å²) in [5, 5.41) is 8.62. The van der Waals surface area contributed by atoms with Crippen molar-refractivity contribution in [2.45, 2.75) is 37.4 Å². The zero-order valence-corrected chi connectivity index (χ0v) is 13.4. The molecule has 5 nitrogen and oxygen atoms in total. The van der Waals surface area contributed by atoms with Crippen molar-refractivity contribution in [1.29, 1.82) is 0 Å². The lowest BCUT2D eigenvalue weighted by Crippen LogP contribution is -2.30. The van der Waals surface area contributed by atoms with Gasteiger partial charge in [0.25, 0.3) is 0 Å². The van der Waals surface area contributed by atoms with Crippen molar-refractivity contribution in [3.8, 4) is 0 Å². The maximum Gasteiger partial charge on any atom is 0.339 e. The smallest absolute Gasteiger partial charge is 0.339 e. The number of aromatic carboxylic acids is 1. The highest BCUT2D eigenvalue weighted by Crippen LogP contribution is 2.34. The van der Waals surface area contributed by atoms with Crippen LogP contribution < -0.4 is 4.72 Å². The Morgan fingerprint density at radius 3 is 2.29 bits per heavy atom. The van der Waals surface area contributed by atoms with Crippen molar-refractivity contribution in [3.05, 3.63) is 27.7 Å². The third-order valence-corrected chi connectivity index (χ3v) is 6.02. The average molecular weight is 352 g/mol. The molecule has 1 aliphatic carbocycles. The second-order valence-electron chi connectivity index (χ2n) is 4.99. The summed E-state index contributed by atoms with van der Waals surface area (Å²) in [7, 11) is -3.69. The summed E-state index contributed by atoms with van der Waals surface area (Å²) in [4.78, 5) is 11.3. The molecule has 0 amide bonds. The lowest BCUT2D eigenvalue weighted by molar-refractivity contribution is 0.0698. The van der Waals surface area contributed by atoms with Gasteiger partial charge in [-0.25, -0.2) is 13.2 Å². The van der Waals surface area contributed by atoms with Gasteiger partial charge in [0.1, 0.15) is 5.56 Å². The zero-order valence-electron chi connectivity index (χ0n) is 11.1. The van der Waals surface area contributed by atoms with E-state index in [0.717, 1.165) is 19.3 Å². The molecule has 0 aromatic heterocycles. The lowest BCUT2D eigenvalue weighted by Gasteiger charge is -2.23. The molecular formula is C13H15Cl2NO4S. The van der Waals surface area contributed by atoms with Gasteiger partial charge in [0.05, 0.1) is 21.0 Å². The summed E-state index contributed by atoms with van der Waals surface area (Å²) >= 11 is 11.8. The summed E-state index contributed by atoms with van der Waals surface area (Å²) < 4.78 is 27.1. The van der Waals surface area contributed by atoms with Crippen LogP contribution in [0.2, 0.25) is 10.0 Å². The number of hydrogen-bond donors (Lipinski definition) is 2. The van der Waals surface area contributed by atoms with Crippen molar-refractivity contribution < 1.29 is 18.3 Å². The van der Waals surface area contributed by atoms with Crippen LogP contribution in [0.4, 0.5) is 5.69 Å². The van der Waals surface area contributed by atoms with Gasteiger partial charge in [0.15, 0.2) is 0 Å². The van der Waals surface area contributed by atoms with E-state index >= 15 is 0 Å². The number of nitrogens with one attached hydrogen (secondary N) is 1. The zero-order chi connectivity index (χ0) is 15.6. The van der Waals surface area contributed by atoms with Gasteiger partial charge in [-0.05, 0) is 25.0 Å². The monoisotopic (exact) mass is 351 g/mol. The van der Waals surface area contributed by atoms with Crippen LogP contribution in [0.15, 0.2) is 12.1 Å². The molecule has 2 rings (SSSR count). The molecule has 1 aromatic carbocycles. The third kappa shape index (κ3) is 3.62. The Morgan fingerprint density at radius 2 is 1.71 bits per heavy atom. The molecule has 2 N–H and O–H groups in total. The molecule has 8 heteroatoms. The molecule has 0 bridgehead atoms. The highest BCUT2D eigenvalue weighted by molar-refractivity contribution is 7.93. The van der Waals surface area contributed by atoms with Crippen LogP contribution in [-0.2, 0) is 10.0 Å². The van der Waals surface area contributed by atoms with Crippen molar-refractivity contribution >= 4 is 44.9 Å². The number of hydrogen-bond acceptors (Lipinski definition) is 3. The van der Waals surface area contributed by atoms with Crippen molar-refractivity contribution in [2.24, 2.45) is 0 Å². The third-order valence-electron chi connectivity index (χ3n) is 3.55. The molecule has 0 radical (unpaired) electrons. The van der Waals surface area contributed by atoms with E-state index in [1.807, 2.05) is 0 Å².